The molecular formula is C10H7Cl3N2OS. The molecule has 0 radical (unpaired) electrons. The van der Waals surface area contributed by atoms with Gasteiger partial charge in [0.05, 0.1) is 9.72 Å². The summed E-state index contributed by atoms with van der Waals surface area (Å²) in [5.74, 6) is -0.298. The second-order valence-electron chi connectivity index (χ2n) is 3.36. The first-order chi connectivity index (χ1) is 7.97. The lowest BCUT2D eigenvalue weighted by Crippen LogP contribution is -2.19. The molecule has 0 spiro atoms. The van der Waals surface area contributed by atoms with Crippen LogP contribution in [0.1, 0.15) is 6.92 Å². The zero-order valence-corrected chi connectivity index (χ0v) is 11.7. The molecule has 0 saturated carbocycles. The van der Waals surface area contributed by atoms with Crippen LogP contribution in [0.5, 0.6) is 0 Å². The van der Waals surface area contributed by atoms with Gasteiger partial charge in [0.2, 0.25) is 5.91 Å². The van der Waals surface area contributed by atoms with E-state index in [1.807, 2.05) is 0 Å². The highest BCUT2D eigenvalue weighted by molar-refractivity contribution is 7.22. The third kappa shape index (κ3) is 2.83. The molecule has 0 saturated heterocycles. The number of anilines is 1. The van der Waals surface area contributed by atoms with Crippen molar-refractivity contribution >= 4 is 67.4 Å². The van der Waals surface area contributed by atoms with Crippen molar-refractivity contribution in [3.05, 3.63) is 22.2 Å². The smallest absolute Gasteiger partial charge is 0.243 e. The van der Waals surface area contributed by atoms with Gasteiger partial charge in [0.25, 0.3) is 0 Å². The molecule has 1 heterocycles. The van der Waals surface area contributed by atoms with Crippen molar-refractivity contribution in [3.8, 4) is 0 Å². The molecule has 3 nitrogen and oxygen atoms in total. The van der Waals surface area contributed by atoms with Gasteiger partial charge in [0.15, 0.2) is 5.13 Å². The summed E-state index contributed by atoms with van der Waals surface area (Å²) in [6.45, 7) is 1.59. The Balaban J connectivity index is 2.38. The minimum atomic E-state index is -0.610. The second kappa shape index (κ2) is 4.98. The Morgan fingerprint density at radius 2 is 2.18 bits per heavy atom. The maximum Gasteiger partial charge on any atom is 0.243 e. The van der Waals surface area contributed by atoms with Crippen molar-refractivity contribution < 1.29 is 4.79 Å². The molecule has 1 atom stereocenters. The highest BCUT2D eigenvalue weighted by Gasteiger charge is 2.13. The molecule has 17 heavy (non-hydrogen) atoms. The number of alkyl halides is 1. The monoisotopic (exact) mass is 308 g/mol. The lowest BCUT2D eigenvalue weighted by Gasteiger charge is -2.01. The number of nitrogens with zero attached hydrogens (tertiary/aromatic N) is 1. The van der Waals surface area contributed by atoms with Gasteiger partial charge in [-0.25, -0.2) is 4.98 Å². The zero-order chi connectivity index (χ0) is 12.6. The van der Waals surface area contributed by atoms with Gasteiger partial charge in [0.1, 0.15) is 10.9 Å². The molecule has 0 aliphatic rings. The molecule has 2 aromatic rings. The molecule has 0 aliphatic carbocycles. The minimum absolute atomic E-state index is 0.298. The van der Waals surface area contributed by atoms with Crippen LogP contribution >= 0.6 is 46.1 Å². The fraction of sp³-hybridized carbons (Fsp3) is 0.200. The molecule has 1 unspecified atom stereocenters. The molecular weight excluding hydrogens is 303 g/mol. The Labute approximate surface area is 117 Å². The summed E-state index contributed by atoms with van der Waals surface area (Å²) in [5, 5.41) is 3.46. The van der Waals surface area contributed by atoms with Gasteiger partial charge in [-0.2, -0.15) is 0 Å². The van der Waals surface area contributed by atoms with Crippen LogP contribution in [0.3, 0.4) is 0 Å². The van der Waals surface area contributed by atoms with Crippen LogP contribution in [0.15, 0.2) is 12.1 Å². The lowest BCUT2D eigenvalue weighted by molar-refractivity contribution is -0.115. The van der Waals surface area contributed by atoms with E-state index in [9.17, 15) is 4.79 Å². The fourth-order valence-corrected chi connectivity index (χ4v) is 2.86. The molecule has 90 valence electrons. The molecule has 0 aliphatic heterocycles. The molecule has 1 aromatic heterocycles. The molecule has 7 heteroatoms. The third-order valence-corrected chi connectivity index (χ3v) is 3.63. The number of nitrogens with one attached hydrogen (secondary N) is 1. The van der Waals surface area contributed by atoms with Crippen molar-refractivity contribution in [2.24, 2.45) is 0 Å². The van der Waals surface area contributed by atoms with Gasteiger partial charge < -0.3 is 5.32 Å². The van der Waals surface area contributed by atoms with Crippen molar-refractivity contribution in [2.75, 3.05) is 5.32 Å². The number of carbonyl (C=O) groups excluding carboxylic acids is 1. The summed E-state index contributed by atoms with van der Waals surface area (Å²) in [5.41, 5.74) is 0.624. The van der Waals surface area contributed by atoms with Gasteiger partial charge in [-0.05, 0) is 19.1 Å². The van der Waals surface area contributed by atoms with E-state index in [1.165, 1.54) is 11.3 Å². The first-order valence-corrected chi connectivity index (χ1v) is 6.69. The lowest BCUT2D eigenvalue weighted by atomic mass is 10.3. The van der Waals surface area contributed by atoms with Crippen LogP contribution in [0.2, 0.25) is 10.0 Å². The quantitative estimate of drug-likeness (QED) is 0.846. The first kappa shape index (κ1) is 12.9. The van der Waals surface area contributed by atoms with E-state index in [1.54, 1.807) is 19.1 Å². The average molecular weight is 310 g/mol. The van der Waals surface area contributed by atoms with E-state index in [2.05, 4.69) is 10.3 Å². The summed E-state index contributed by atoms with van der Waals surface area (Å²) < 4.78 is 0.819. The Hall–Kier alpha value is -0.550. The molecule has 1 aromatic carbocycles. The Kier molecular flexibility index (Phi) is 3.78. The van der Waals surface area contributed by atoms with Gasteiger partial charge in [-0.15, -0.1) is 11.6 Å². The SMILES string of the molecule is CC(Cl)C(=O)Nc1nc2c(Cl)cc(Cl)cc2s1. The summed E-state index contributed by atoms with van der Waals surface area (Å²) in [4.78, 5) is 15.6. The predicted octanol–water partition coefficient (Wildman–Crippen LogP) is 4.17. The maximum absolute atomic E-state index is 11.4. The largest absolute Gasteiger partial charge is 0.301 e. The van der Waals surface area contributed by atoms with Crippen LogP contribution in [-0.2, 0) is 4.79 Å². The molecule has 0 bridgehead atoms. The molecule has 1 N–H and O–H groups in total. The van der Waals surface area contributed by atoms with Crippen molar-refractivity contribution in [1.29, 1.82) is 0 Å². The summed E-state index contributed by atoms with van der Waals surface area (Å²) in [6.07, 6.45) is 0. The van der Waals surface area contributed by atoms with Crippen molar-refractivity contribution in [3.63, 3.8) is 0 Å². The van der Waals surface area contributed by atoms with Crippen LogP contribution in [0.4, 0.5) is 5.13 Å². The fourth-order valence-electron chi connectivity index (χ4n) is 1.22. The van der Waals surface area contributed by atoms with Crippen molar-refractivity contribution in [2.45, 2.75) is 12.3 Å². The van der Waals surface area contributed by atoms with Gasteiger partial charge in [-0.1, -0.05) is 34.5 Å². The molecule has 2 rings (SSSR count). The number of carbonyl (C=O) groups is 1. The first-order valence-electron chi connectivity index (χ1n) is 4.68. The second-order valence-corrected chi connectivity index (χ2v) is 5.89. The van der Waals surface area contributed by atoms with Crippen LogP contribution in [-0.4, -0.2) is 16.3 Å². The molecule has 0 fully saturated rings. The maximum atomic E-state index is 11.4. The number of amides is 1. The third-order valence-electron chi connectivity index (χ3n) is 2.00. The predicted molar refractivity (Wildman–Crippen MR) is 73.6 cm³/mol. The zero-order valence-electron chi connectivity index (χ0n) is 8.63. The van der Waals surface area contributed by atoms with E-state index in [-0.39, 0.29) is 5.91 Å². The Morgan fingerprint density at radius 3 is 2.82 bits per heavy atom. The van der Waals surface area contributed by atoms with Crippen LogP contribution < -0.4 is 5.32 Å². The van der Waals surface area contributed by atoms with E-state index in [4.69, 9.17) is 34.8 Å². The highest BCUT2D eigenvalue weighted by Crippen LogP contribution is 2.33. The summed E-state index contributed by atoms with van der Waals surface area (Å²) in [7, 11) is 0. The standard InChI is InChI=1S/C10H7Cl3N2OS/c1-4(11)9(16)15-10-14-8-6(13)2-5(12)3-7(8)17-10/h2-4H,1H3,(H,14,15,16). The topological polar surface area (TPSA) is 42.0 Å². The van der Waals surface area contributed by atoms with E-state index >= 15 is 0 Å². The number of halogens is 3. The van der Waals surface area contributed by atoms with Gasteiger partial charge >= 0.3 is 0 Å². The van der Waals surface area contributed by atoms with Crippen LogP contribution in [0, 0.1) is 0 Å². The average Bonchev–Trinajstić information content (AvgIpc) is 2.60. The Bertz CT molecular complexity index is 582. The number of benzene rings is 1. The summed E-state index contributed by atoms with van der Waals surface area (Å²) >= 11 is 18.8. The van der Waals surface area contributed by atoms with Crippen LogP contribution in [0.25, 0.3) is 10.2 Å². The van der Waals surface area contributed by atoms with E-state index in [0.29, 0.717) is 20.7 Å². The summed E-state index contributed by atoms with van der Waals surface area (Å²) in [6, 6.07) is 3.36. The number of thiazole rings is 1. The normalized spacial score (nSPS) is 12.7. The number of hydrogen-bond donors (Lipinski definition) is 1. The van der Waals surface area contributed by atoms with Crippen molar-refractivity contribution in [1.82, 2.24) is 4.98 Å². The number of fused-ring (bicyclic) bond motifs is 1. The number of rotatable bonds is 2. The minimum Gasteiger partial charge on any atom is -0.301 e. The molecule has 1 amide bonds. The number of aromatic nitrogens is 1. The van der Waals surface area contributed by atoms with E-state index < -0.39 is 5.38 Å². The van der Waals surface area contributed by atoms with E-state index in [0.717, 1.165) is 4.70 Å². The van der Waals surface area contributed by atoms with Gasteiger partial charge in [-0.3, -0.25) is 4.79 Å². The number of hydrogen-bond acceptors (Lipinski definition) is 3. The Morgan fingerprint density at radius 1 is 1.47 bits per heavy atom. The van der Waals surface area contributed by atoms with Gasteiger partial charge in [0, 0.05) is 5.02 Å². The highest BCUT2D eigenvalue weighted by atomic mass is 35.5.